The third-order valence-electron chi connectivity index (χ3n) is 3.70. The third-order valence-corrected chi connectivity index (χ3v) is 5.31. The molecular weight excluding hydrogens is 245 g/mol. The predicted molar refractivity (Wildman–Crippen MR) is 77.2 cm³/mol. The molecule has 2 rings (SSSR count). The molecule has 0 amide bonds. The highest BCUT2D eigenvalue weighted by Crippen LogP contribution is 2.39. The minimum Gasteiger partial charge on any atom is -0.329 e. The largest absolute Gasteiger partial charge is 0.329 e. The van der Waals surface area contributed by atoms with Crippen LogP contribution < -0.4 is 5.73 Å². The van der Waals surface area contributed by atoms with Crippen LogP contribution in [-0.2, 0) is 0 Å². The lowest BCUT2D eigenvalue weighted by atomic mass is 9.91. The molecule has 0 aliphatic heterocycles. The molecular formula is C15H22FNS. The molecule has 18 heavy (non-hydrogen) atoms. The van der Waals surface area contributed by atoms with Gasteiger partial charge in [-0.25, -0.2) is 4.39 Å². The monoisotopic (exact) mass is 267 g/mol. The summed E-state index contributed by atoms with van der Waals surface area (Å²) in [6.45, 7) is 2.96. The maximum atomic E-state index is 12.9. The molecule has 3 atom stereocenters. The molecule has 1 nitrogen and oxygen atoms in total. The maximum absolute atomic E-state index is 12.9. The summed E-state index contributed by atoms with van der Waals surface area (Å²) >= 11 is 1.98. The summed E-state index contributed by atoms with van der Waals surface area (Å²) in [5.74, 6) is 0.661. The van der Waals surface area contributed by atoms with E-state index in [-0.39, 0.29) is 5.82 Å². The highest BCUT2D eigenvalue weighted by Gasteiger charge is 2.23. The van der Waals surface area contributed by atoms with E-state index in [1.807, 2.05) is 23.9 Å². The molecule has 0 heterocycles. The van der Waals surface area contributed by atoms with E-state index in [2.05, 4.69) is 6.92 Å². The van der Waals surface area contributed by atoms with Gasteiger partial charge in [-0.15, -0.1) is 11.8 Å². The van der Waals surface area contributed by atoms with Crippen LogP contribution in [0.15, 0.2) is 24.3 Å². The highest BCUT2D eigenvalue weighted by atomic mass is 32.2. The first-order chi connectivity index (χ1) is 8.69. The molecule has 0 radical (unpaired) electrons. The van der Waals surface area contributed by atoms with Crippen molar-refractivity contribution in [3.05, 3.63) is 35.6 Å². The highest BCUT2D eigenvalue weighted by molar-refractivity contribution is 8.00. The minimum atomic E-state index is -0.175. The van der Waals surface area contributed by atoms with E-state index in [1.165, 1.54) is 37.8 Å². The zero-order valence-corrected chi connectivity index (χ0v) is 11.8. The van der Waals surface area contributed by atoms with Crippen LogP contribution in [-0.4, -0.2) is 11.8 Å². The molecule has 3 heteroatoms. The summed E-state index contributed by atoms with van der Waals surface area (Å²) < 4.78 is 12.9. The van der Waals surface area contributed by atoms with Crippen LogP contribution in [0.3, 0.4) is 0 Å². The second kappa shape index (κ2) is 6.58. The number of thioether (sulfide) groups is 1. The standard InChI is InChI=1S/C15H22FNS/c1-11-3-2-4-14(9-11)18-15(10-17)12-5-7-13(16)8-6-12/h5-8,11,14-15H,2-4,9-10,17H2,1H3. The SMILES string of the molecule is CC1CCCC(SC(CN)c2ccc(F)cc2)C1. The lowest BCUT2D eigenvalue weighted by molar-refractivity contribution is 0.393. The molecule has 0 saturated heterocycles. The molecule has 100 valence electrons. The molecule has 0 aromatic heterocycles. The first-order valence-corrected chi connectivity index (χ1v) is 7.74. The van der Waals surface area contributed by atoms with Gasteiger partial charge >= 0.3 is 0 Å². The number of benzene rings is 1. The van der Waals surface area contributed by atoms with Crippen molar-refractivity contribution in [2.75, 3.05) is 6.54 Å². The topological polar surface area (TPSA) is 26.0 Å². The van der Waals surface area contributed by atoms with Crippen molar-refractivity contribution < 1.29 is 4.39 Å². The first kappa shape index (κ1) is 13.9. The summed E-state index contributed by atoms with van der Waals surface area (Å²) in [5, 5.41) is 1.02. The van der Waals surface area contributed by atoms with E-state index in [0.717, 1.165) is 11.5 Å². The second-order valence-corrected chi connectivity index (χ2v) is 6.81. The summed E-state index contributed by atoms with van der Waals surface area (Å²) in [5.41, 5.74) is 7.03. The first-order valence-electron chi connectivity index (χ1n) is 6.80. The molecule has 0 spiro atoms. The van der Waals surface area contributed by atoms with Gasteiger partial charge in [-0.2, -0.15) is 0 Å². The number of rotatable bonds is 4. The fourth-order valence-electron chi connectivity index (χ4n) is 2.68. The van der Waals surface area contributed by atoms with Crippen LogP contribution in [0.2, 0.25) is 0 Å². The Morgan fingerprint density at radius 1 is 1.33 bits per heavy atom. The van der Waals surface area contributed by atoms with Gasteiger partial charge in [0.1, 0.15) is 5.82 Å². The van der Waals surface area contributed by atoms with Gasteiger partial charge in [0.2, 0.25) is 0 Å². The summed E-state index contributed by atoms with van der Waals surface area (Å²) in [6, 6.07) is 6.79. The van der Waals surface area contributed by atoms with Gasteiger partial charge in [0.05, 0.1) is 0 Å². The second-order valence-electron chi connectivity index (χ2n) is 5.31. The van der Waals surface area contributed by atoms with Crippen LogP contribution in [0.25, 0.3) is 0 Å². The smallest absolute Gasteiger partial charge is 0.123 e. The summed E-state index contributed by atoms with van der Waals surface area (Å²) in [7, 11) is 0. The van der Waals surface area contributed by atoms with Crippen molar-refractivity contribution in [1.29, 1.82) is 0 Å². The Labute approximate surface area is 113 Å². The van der Waals surface area contributed by atoms with Gasteiger partial charge in [-0.05, 0) is 36.5 Å². The minimum absolute atomic E-state index is 0.175. The Morgan fingerprint density at radius 3 is 2.67 bits per heavy atom. The fraction of sp³-hybridized carbons (Fsp3) is 0.600. The lowest BCUT2D eigenvalue weighted by Gasteiger charge is -2.29. The van der Waals surface area contributed by atoms with Crippen molar-refractivity contribution in [3.63, 3.8) is 0 Å². The number of nitrogens with two attached hydrogens (primary N) is 1. The van der Waals surface area contributed by atoms with E-state index in [0.29, 0.717) is 17.0 Å². The molecule has 1 aliphatic rings. The zero-order chi connectivity index (χ0) is 13.0. The average Bonchev–Trinajstić information content (AvgIpc) is 2.37. The maximum Gasteiger partial charge on any atom is 0.123 e. The van der Waals surface area contributed by atoms with E-state index in [4.69, 9.17) is 5.73 Å². The molecule has 0 bridgehead atoms. The molecule has 1 saturated carbocycles. The van der Waals surface area contributed by atoms with E-state index in [1.54, 1.807) is 0 Å². The molecule has 1 aromatic carbocycles. The Balaban J connectivity index is 1.98. The quantitative estimate of drug-likeness (QED) is 0.887. The summed E-state index contributed by atoms with van der Waals surface area (Å²) in [4.78, 5) is 0. The van der Waals surface area contributed by atoms with Crippen LogP contribution >= 0.6 is 11.8 Å². The van der Waals surface area contributed by atoms with Crippen molar-refractivity contribution in [3.8, 4) is 0 Å². The zero-order valence-electron chi connectivity index (χ0n) is 10.9. The average molecular weight is 267 g/mol. The van der Waals surface area contributed by atoms with Crippen LogP contribution in [0.1, 0.15) is 43.4 Å². The third kappa shape index (κ3) is 3.72. The van der Waals surface area contributed by atoms with Crippen LogP contribution in [0.4, 0.5) is 4.39 Å². The van der Waals surface area contributed by atoms with Crippen molar-refractivity contribution in [2.45, 2.75) is 43.1 Å². The van der Waals surface area contributed by atoms with Gasteiger partial charge in [0, 0.05) is 17.0 Å². The van der Waals surface area contributed by atoms with Crippen LogP contribution in [0, 0.1) is 11.7 Å². The lowest BCUT2D eigenvalue weighted by Crippen LogP contribution is -2.19. The van der Waals surface area contributed by atoms with E-state index >= 15 is 0 Å². The number of hydrogen-bond donors (Lipinski definition) is 1. The molecule has 1 fully saturated rings. The normalized spacial score (nSPS) is 25.9. The fourth-order valence-corrected chi connectivity index (χ4v) is 4.31. The van der Waals surface area contributed by atoms with Crippen molar-refractivity contribution in [2.24, 2.45) is 11.7 Å². The molecule has 3 unspecified atom stereocenters. The van der Waals surface area contributed by atoms with Crippen molar-refractivity contribution >= 4 is 11.8 Å². The number of hydrogen-bond acceptors (Lipinski definition) is 2. The predicted octanol–water partition coefficient (Wildman–Crippen LogP) is 4.14. The Kier molecular flexibility index (Phi) is 5.07. The molecule has 1 aromatic rings. The van der Waals surface area contributed by atoms with Crippen molar-refractivity contribution in [1.82, 2.24) is 0 Å². The Bertz CT molecular complexity index is 365. The van der Waals surface area contributed by atoms with Gasteiger partial charge < -0.3 is 5.73 Å². The Morgan fingerprint density at radius 2 is 2.06 bits per heavy atom. The summed E-state index contributed by atoms with van der Waals surface area (Å²) in [6.07, 6.45) is 5.29. The van der Waals surface area contributed by atoms with Gasteiger partial charge in [-0.3, -0.25) is 0 Å². The van der Waals surface area contributed by atoms with Gasteiger partial charge in [0.15, 0.2) is 0 Å². The van der Waals surface area contributed by atoms with E-state index in [9.17, 15) is 4.39 Å². The molecule has 1 aliphatic carbocycles. The molecule has 2 N–H and O–H groups in total. The van der Waals surface area contributed by atoms with Crippen LogP contribution in [0.5, 0.6) is 0 Å². The van der Waals surface area contributed by atoms with Gasteiger partial charge in [-0.1, -0.05) is 31.9 Å². The van der Waals surface area contributed by atoms with E-state index < -0.39 is 0 Å². The van der Waals surface area contributed by atoms with Gasteiger partial charge in [0.25, 0.3) is 0 Å². The Hall–Kier alpha value is -0.540. The number of halogens is 1.